The molecule has 0 atom stereocenters. The number of benzene rings is 2. The van der Waals surface area contributed by atoms with Gasteiger partial charge >= 0.3 is 6.18 Å². The van der Waals surface area contributed by atoms with Crippen LogP contribution in [0.1, 0.15) is 11.1 Å². The van der Waals surface area contributed by atoms with E-state index in [1.807, 2.05) is 0 Å². The Morgan fingerprint density at radius 3 is 2.62 bits per heavy atom. The topological polar surface area (TPSA) is 88.9 Å². The van der Waals surface area contributed by atoms with Gasteiger partial charge in [-0.15, -0.1) is 0 Å². The van der Waals surface area contributed by atoms with Crippen LogP contribution in [0.5, 0.6) is 0 Å². The summed E-state index contributed by atoms with van der Waals surface area (Å²) in [5.41, 5.74) is -1.55. The van der Waals surface area contributed by atoms with Crippen molar-refractivity contribution in [1.29, 1.82) is 0 Å². The van der Waals surface area contributed by atoms with Gasteiger partial charge in [0.05, 0.1) is 21.4 Å². The lowest BCUT2D eigenvalue weighted by molar-refractivity contribution is -0.385. The molecule has 6 nitrogen and oxygen atoms in total. The van der Waals surface area contributed by atoms with Crippen molar-refractivity contribution in [2.75, 3.05) is 0 Å². The van der Waals surface area contributed by atoms with Gasteiger partial charge in [-0.05, 0) is 23.8 Å². The number of thioether (sulfide) groups is 1. The first-order valence-electron chi connectivity index (χ1n) is 7.21. The third-order valence-corrected chi connectivity index (χ3v) is 4.43. The zero-order valence-electron chi connectivity index (χ0n) is 12.9. The highest BCUT2D eigenvalue weighted by molar-refractivity contribution is 7.98. The number of H-pyrrole nitrogens is 1. The Hall–Kier alpha value is -2.88. The Morgan fingerprint density at radius 1 is 1.19 bits per heavy atom. The molecule has 0 saturated carbocycles. The molecular formula is C16H10F3N3O3S. The van der Waals surface area contributed by atoms with Crippen molar-refractivity contribution in [3.63, 3.8) is 0 Å². The fraction of sp³-hybridized carbons (Fsp3) is 0.125. The molecule has 2 aromatic carbocycles. The number of hydrogen-bond donors (Lipinski definition) is 1. The number of nitro benzene ring substituents is 1. The van der Waals surface area contributed by atoms with Gasteiger partial charge in [-0.3, -0.25) is 14.9 Å². The van der Waals surface area contributed by atoms with E-state index in [2.05, 4.69) is 9.97 Å². The van der Waals surface area contributed by atoms with Crippen LogP contribution in [0.4, 0.5) is 18.9 Å². The molecule has 0 aliphatic rings. The number of nitrogens with one attached hydrogen (secondary N) is 1. The minimum absolute atomic E-state index is 0.0218. The first-order chi connectivity index (χ1) is 12.2. The Kier molecular flexibility index (Phi) is 4.68. The second-order valence-electron chi connectivity index (χ2n) is 5.32. The normalized spacial score (nSPS) is 11.7. The molecule has 10 heteroatoms. The summed E-state index contributed by atoms with van der Waals surface area (Å²) in [6.07, 6.45) is -4.69. The van der Waals surface area contributed by atoms with E-state index in [0.717, 1.165) is 23.9 Å². The Morgan fingerprint density at radius 2 is 1.92 bits per heavy atom. The highest BCUT2D eigenvalue weighted by Gasteiger charge is 2.32. The molecule has 0 bridgehead atoms. The smallest absolute Gasteiger partial charge is 0.301 e. The number of halogens is 3. The van der Waals surface area contributed by atoms with Crippen LogP contribution in [0.15, 0.2) is 52.4 Å². The van der Waals surface area contributed by atoms with Crippen LogP contribution in [-0.4, -0.2) is 14.9 Å². The van der Waals surface area contributed by atoms with Gasteiger partial charge in [-0.25, -0.2) is 4.98 Å². The van der Waals surface area contributed by atoms with Crippen molar-refractivity contribution in [3.8, 4) is 0 Å². The highest BCUT2D eigenvalue weighted by atomic mass is 32.2. The summed E-state index contributed by atoms with van der Waals surface area (Å²) in [5, 5.41) is 11.5. The number of aromatic nitrogens is 2. The molecule has 1 aromatic heterocycles. The lowest BCUT2D eigenvalue weighted by Crippen LogP contribution is -2.09. The highest BCUT2D eigenvalue weighted by Crippen LogP contribution is 2.34. The Balaban J connectivity index is 1.91. The maximum absolute atomic E-state index is 12.9. The standard InChI is InChI=1S/C16H10F3N3O3S/c17-16(18,19)10-5-9(6-11(7-10)22(24)25)8-26-15-20-13-4-2-1-3-12(13)14(23)21-15/h1-7H,8H2,(H,20,21,23). The van der Waals surface area contributed by atoms with E-state index in [0.29, 0.717) is 17.0 Å². The quantitative estimate of drug-likeness (QED) is 0.318. The van der Waals surface area contributed by atoms with E-state index in [4.69, 9.17) is 0 Å². The van der Waals surface area contributed by atoms with E-state index in [1.165, 1.54) is 0 Å². The minimum Gasteiger partial charge on any atom is -0.301 e. The number of nitro groups is 1. The number of rotatable bonds is 4. The Bertz CT molecular complexity index is 1050. The summed E-state index contributed by atoms with van der Waals surface area (Å²) >= 11 is 0.986. The monoisotopic (exact) mass is 381 g/mol. The SMILES string of the molecule is O=c1[nH]c(SCc2cc([N+](=O)[O-])cc(C(F)(F)F)c2)nc2ccccc12. The summed E-state index contributed by atoms with van der Waals surface area (Å²) in [6.45, 7) is 0. The van der Waals surface area contributed by atoms with Gasteiger partial charge in [-0.2, -0.15) is 13.2 Å². The molecule has 0 aliphatic heterocycles. The van der Waals surface area contributed by atoms with Crippen molar-refractivity contribution >= 4 is 28.4 Å². The molecule has 0 spiro atoms. The van der Waals surface area contributed by atoms with Gasteiger partial charge in [0.1, 0.15) is 0 Å². The molecule has 0 saturated heterocycles. The zero-order chi connectivity index (χ0) is 18.9. The number of hydrogen-bond acceptors (Lipinski definition) is 5. The lowest BCUT2D eigenvalue weighted by Gasteiger charge is -2.09. The number of fused-ring (bicyclic) bond motifs is 1. The van der Waals surface area contributed by atoms with Gasteiger partial charge in [0.15, 0.2) is 5.16 Å². The van der Waals surface area contributed by atoms with E-state index < -0.39 is 22.4 Å². The van der Waals surface area contributed by atoms with Crippen molar-refractivity contribution in [2.45, 2.75) is 17.1 Å². The molecule has 134 valence electrons. The number of alkyl halides is 3. The number of aromatic amines is 1. The van der Waals surface area contributed by atoms with E-state index in [-0.39, 0.29) is 22.0 Å². The summed E-state index contributed by atoms with van der Waals surface area (Å²) < 4.78 is 38.7. The first kappa shape index (κ1) is 17.9. The number of para-hydroxylation sites is 1. The average Bonchev–Trinajstić information content (AvgIpc) is 2.59. The van der Waals surface area contributed by atoms with Gasteiger partial charge in [-0.1, -0.05) is 23.9 Å². The van der Waals surface area contributed by atoms with Crippen LogP contribution in [0.2, 0.25) is 0 Å². The summed E-state index contributed by atoms with van der Waals surface area (Å²) in [5.74, 6) is -0.0218. The van der Waals surface area contributed by atoms with Crippen molar-refractivity contribution in [2.24, 2.45) is 0 Å². The second-order valence-corrected chi connectivity index (χ2v) is 6.28. The molecular weight excluding hydrogens is 371 g/mol. The van der Waals surface area contributed by atoms with Crippen LogP contribution in [-0.2, 0) is 11.9 Å². The maximum atomic E-state index is 12.9. The third kappa shape index (κ3) is 3.85. The molecule has 0 amide bonds. The minimum atomic E-state index is -4.69. The van der Waals surface area contributed by atoms with Crippen LogP contribution < -0.4 is 5.56 Å². The van der Waals surface area contributed by atoms with Gasteiger partial charge < -0.3 is 4.98 Å². The number of nitrogens with zero attached hydrogens (tertiary/aromatic N) is 2. The zero-order valence-corrected chi connectivity index (χ0v) is 13.7. The van der Waals surface area contributed by atoms with Crippen molar-refractivity contribution in [1.82, 2.24) is 9.97 Å². The van der Waals surface area contributed by atoms with Crippen molar-refractivity contribution < 1.29 is 18.1 Å². The summed E-state index contributed by atoms with van der Waals surface area (Å²) in [6, 6.07) is 9.05. The molecule has 3 rings (SSSR count). The van der Waals surface area contributed by atoms with Crippen LogP contribution in [0.3, 0.4) is 0 Å². The summed E-state index contributed by atoms with van der Waals surface area (Å²) in [7, 11) is 0. The van der Waals surface area contributed by atoms with Crippen LogP contribution in [0.25, 0.3) is 10.9 Å². The van der Waals surface area contributed by atoms with Gasteiger partial charge in [0, 0.05) is 17.9 Å². The predicted molar refractivity (Wildman–Crippen MR) is 90.0 cm³/mol. The Labute approximate surface area is 148 Å². The van der Waals surface area contributed by atoms with Gasteiger partial charge in [0.25, 0.3) is 11.2 Å². The van der Waals surface area contributed by atoms with E-state index in [9.17, 15) is 28.1 Å². The molecule has 1 N–H and O–H groups in total. The molecule has 3 aromatic rings. The largest absolute Gasteiger partial charge is 0.416 e. The molecule has 0 fully saturated rings. The maximum Gasteiger partial charge on any atom is 0.416 e. The van der Waals surface area contributed by atoms with Crippen LogP contribution in [0, 0.1) is 10.1 Å². The summed E-state index contributed by atoms with van der Waals surface area (Å²) in [4.78, 5) is 28.8. The van der Waals surface area contributed by atoms with Gasteiger partial charge in [0.2, 0.25) is 0 Å². The fourth-order valence-electron chi connectivity index (χ4n) is 2.31. The predicted octanol–water partition coefficient (Wildman–Crippen LogP) is 4.14. The molecule has 1 heterocycles. The second kappa shape index (κ2) is 6.79. The molecule has 0 radical (unpaired) electrons. The average molecular weight is 381 g/mol. The van der Waals surface area contributed by atoms with E-state index in [1.54, 1.807) is 24.3 Å². The molecule has 0 aliphatic carbocycles. The molecule has 26 heavy (non-hydrogen) atoms. The van der Waals surface area contributed by atoms with E-state index >= 15 is 0 Å². The molecule has 0 unspecified atom stereocenters. The number of non-ortho nitro benzene ring substituents is 1. The first-order valence-corrected chi connectivity index (χ1v) is 8.20. The lowest BCUT2D eigenvalue weighted by atomic mass is 10.1. The fourth-order valence-corrected chi connectivity index (χ4v) is 3.11. The van der Waals surface area contributed by atoms with Crippen molar-refractivity contribution in [3.05, 3.63) is 74.1 Å². The third-order valence-electron chi connectivity index (χ3n) is 3.48. The van der Waals surface area contributed by atoms with Crippen LogP contribution >= 0.6 is 11.8 Å².